The number of ketones is 1. The molecule has 3 nitrogen and oxygen atoms in total. The lowest BCUT2D eigenvalue weighted by atomic mass is 10.1. The molecule has 0 radical (unpaired) electrons. The first-order valence-corrected chi connectivity index (χ1v) is 5.71. The molecule has 1 rings (SSSR count). The number of para-hydroxylation sites is 1. The van der Waals surface area contributed by atoms with Crippen LogP contribution in [-0.2, 0) is 4.74 Å². The van der Waals surface area contributed by atoms with Gasteiger partial charge in [-0.2, -0.15) is 0 Å². The van der Waals surface area contributed by atoms with Gasteiger partial charge in [-0.05, 0) is 12.1 Å². The van der Waals surface area contributed by atoms with Crippen LogP contribution in [0.2, 0.25) is 0 Å². The molecule has 0 aliphatic heterocycles. The molecule has 0 N–H and O–H groups in total. The molecule has 0 atom stereocenters. The second kappa shape index (κ2) is 6.58. The fourth-order valence-corrected chi connectivity index (χ4v) is 1.43. The molecule has 1 aromatic rings. The van der Waals surface area contributed by atoms with Crippen molar-refractivity contribution in [2.45, 2.75) is 0 Å². The van der Waals surface area contributed by atoms with Gasteiger partial charge in [-0.15, -0.1) is 0 Å². The van der Waals surface area contributed by atoms with Gasteiger partial charge in [0.2, 0.25) is 0 Å². The number of benzene rings is 1. The summed E-state index contributed by atoms with van der Waals surface area (Å²) in [5, 5.41) is 0.303. The summed E-state index contributed by atoms with van der Waals surface area (Å²) in [6.45, 7) is 0.958. The summed E-state index contributed by atoms with van der Waals surface area (Å²) >= 11 is 3.14. The molecular weight excluding hydrogens is 260 g/mol. The zero-order valence-corrected chi connectivity index (χ0v) is 10.1. The van der Waals surface area contributed by atoms with Crippen LogP contribution in [-0.4, -0.2) is 31.4 Å². The zero-order chi connectivity index (χ0) is 11.1. The van der Waals surface area contributed by atoms with Gasteiger partial charge in [0.1, 0.15) is 12.4 Å². The molecule has 1 aromatic carbocycles. The van der Waals surface area contributed by atoms with E-state index in [2.05, 4.69) is 15.9 Å². The highest BCUT2D eigenvalue weighted by atomic mass is 79.9. The second-order valence-electron chi connectivity index (χ2n) is 2.89. The van der Waals surface area contributed by atoms with Gasteiger partial charge in [0.25, 0.3) is 0 Å². The lowest BCUT2D eigenvalue weighted by Gasteiger charge is -2.09. The maximum absolute atomic E-state index is 11.5. The molecule has 0 bridgehead atoms. The number of carbonyl (C=O) groups excluding carboxylic acids is 1. The molecule has 0 unspecified atom stereocenters. The third kappa shape index (κ3) is 3.64. The number of carbonyl (C=O) groups is 1. The number of rotatable bonds is 6. The minimum atomic E-state index is 0.0167. The number of hydrogen-bond acceptors (Lipinski definition) is 3. The number of Topliss-reactive ketones (excluding diaryl/α,β-unsaturated/α-hetero) is 1. The number of alkyl halides is 1. The highest BCUT2D eigenvalue weighted by Gasteiger charge is 2.09. The van der Waals surface area contributed by atoms with E-state index in [1.54, 1.807) is 19.2 Å². The topological polar surface area (TPSA) is 35.5 Å². The van der Waals surface area contributed by atoms with Gasteiger partial charge >= 0.3 is 0 Å². The van der Waals surface area contributed by atoms with Crippen molar-refractivity contribution >= 4 is 21.7 Å². The van der Waals surface area contributed by atoms with Crippen LogP contribution < -0.4 is 4.74 Å². The molecule has 0 saturated heterocycles. The van der Waals surface area contributed by atoms with Crippen LogP contribution in [0.4, 0.5) is 0 Å². The van der Waals surface area contributed by atoms with Crippen LogP contribution in [0, 0.1) is 0 Å². The average molecular weight is 273 g/mol. The first-order chi connectivity index (χ1) is 7.29. The van der Waals surface area contributed by atoms with Gasteiger partial charge in [-0.25, -0.2) is 0 Å². The number of ether oxygens (including phenoxy) is 2. The zero-order valence-electron chi connectivity index (χ0n) is 8.53. The van der Waals surface area contributed by atoms with Crippen molar-refractivity contribution in [3.05, 3.63) is 29.8 Å². The summed E-state index contributed by atoms with van der Waals surface area (Å²) < 4.78 is 10.3. The minimum absolute atomic E-state index is 0.0167. The largest absolute Gasteiger partial charge is 0.490 e. The molecule has 15 heavy (non-hydrogen) atoms. The van der Waals surface area contributed by atoms with E-state index < -0.39 is 0 Å². The van der Waals surface area contributed by atoms with Crippen molar-refractivity contribution in [2.24, 2.45) is 0 Å². The second-order valence-corrected chi connectivity index (χ2v) is 3.45. The Balaban J connectivity index is 2.73. The number of hydrogen-bond donors (Lipinski definition) is 0. The summed E-state index contributed by atoms with van der Waals surface area (Å²) in [5.74, 6) is 0.627. The van der Waals surface area contributed by atoms with E-state index in [1.165, 1.54) is 0 Å². The van der Waals surface area contributed by atoms with E-state index >= 15 is 0 Å². The molecule has 0 heterocycles. The predicted octanol–water partition coefficient (Wildman–Crippen LogP) is 2.29. The molecule has 0 spiro atoms. The maximum Gasteiger partial charge on any atom is 0.177 e. The standard InChI is InChI=1S/C11H13BrO3/c1-14-6-7-15-11-5-3-2-4-9(11)10(13)8-12/h2-5H,6-8H2,1H3. The first-order valence-electron chi connectivity index (χ1n) is 4.59. The quantitative estimate of drug-likeness (QED) is 0.453. The van der Waals surface area contributed by atoms with Crippen molar-refractivity contribution in [2.75, 3.05) is 25.7 Å². The van der Waals surface area contributed by atoms with Crippen LogP contribution in [0.1, 0.15) is 10.4 Å². The van der Waals surface area contributed by atoms with E-state index in [9.17, 15) is 4.79 Å². The molecule has 0 amide bonds. The predicted molar refractivity (Wildman–Crippen MR) is 61.9 cm³/mol. The average Bonchev–Trinajstić information content (AvgIpc) is 2.29. The van der Waals surface area contributed by atoms with Crippen LogP contribution in [0.5, 0.6) is 5.75 Å². The fraction of sp³-hybridized carbons (Fsp3) is 0.364. The maximum atomic E-state index is 11.5. The highest BCUT2D eigenvalue weighted by molar-refractivity contribution is 9.09. The normalized spacial score (nSPS) is 10.0. The van der Waals surface area contributed by atoms with E-state index in [-0.39, 0.29) is 5.78 Å². The van der Waals surface area contributed by atoms with Gasteiger partial charge in [-0.1, -0.05) is 28.1 Å². The van der Waals surface area contributed by atoms with Crippen LogP contribution in [0.15, 0.2) is 24.3 Å². The number of methoxy groups -OCH3 is 1. The summed E-state index contributed by atoms with van der Waals surface area (Å²) in [5.41, 5.74) is 0.602. The monoisotopic (exact) mass is 272 g/mol. The van der Waals surface area contributed by atoms with E-state index in [4.69, 9.17) is 9.47 Å². The van der Waals surface area contributed by atoms with Crippen LogP contribution in [0.25, 0.3) is 0 Å². The highest BCUT2D eigenvalue weighted by Crippen LogP contribution is 2.18. The lowest BCUT2D eigenvalue weighted by Crippen LogP contribution is -2.08. The molecule has 82 valence electrons. The molecule has 0 saturated carbocycles. The molecule has 0 fully saturated rings. The van der Waals surface area contributed by atoms with Gasteiger partial charge < -0.3 is 9.47 Å². The first kappa shape index (κ1) is 12.2. The Morgan fingerprint density at radius 3 is 2.73 bits per heavy atom. The van der Waals surface area contributed by atoms with Crippen molar-refractivity contribution < 1.29 is 14.3 Å². The van der Waals surface area contributed by atoms with Gasteiger partial charge in [0.05, 0.1) is 17.5 Å². The Morgan fingerprint density at radius 2 is 2.07 bits per heavy atom. The Hall–Kier alpha value is -0.870. The fourth-order valence-electron chi connectivity index (χ4n) is 1.13. The van der Waals surface area contributed by atoms with Crippen molar-refractivity contribution in [1.82, 2.24) is 0 Å². The van der Waals surface area contributed by atoms with Crippen molar-refractivity contribution in [3.8, 4) is 5.75 Å². The molecule has 0 aromatic heterocycles. The van der Waals surface area contributed by atoms with E-state index in [0.29, 0.717) is 29.9 Å². The molecule has 0 aliphatic rings. The van der Waals surface area contributed by atoms with Crippen LogP contribution in [0.3, 0.4) is 0 Å². The third-order valence-corrected chi connectivity index (χ3v) is 2.36. The number of halogens is 1. The summed E-state index contributed by atoms with van der Waals surface area (Å²) in [7, 11) is 1.61. The smallest absolute Gasteiger partial charge is 0.177 e. The Morgan fingerprint density at radius 1 is 1.33 bits per heavy atom. The molecule has 4 heteroatoms. The SMILES string of the molecule is COCCOc1ccccc1C(=O)CBr. The lowest BCUT2D eigenvalue weighted by molar-refractivity contribution is 0.101. The van der Waals surface area contributed by atoms with Gasteiger partial charge in [0.15, 0.2) is 5.78 Å². The van der Waals surface area contributed by atoms with Crippen molar-refractivity contribution in [1.29, 1.82) is 0 Å². The third-order valence-electron chi connectivity index (χ3n) is 1.85. The summed E-state index contributed by atoms with van der Waals surface area (Å²) in [6, 6.07) is 7.20. The Kier molecular flexibility index (Phi) is 5.36. The Labute approximate surface area is 97.5 Å². The molecule has 0 aliphatic carbocycles. The van der Waals surface area contributed by atoms with Gasteiger partial charge in [0, 0.05) is 7.11 Å². The summed E-state index contributed by atoms with van der Waals surface area (Å²) in [4.78, 5) is 11.5. The Bertz CT molecular complexity index is 325. The van der Waals surface area contributed by atoms with E-state index in [1.807, 2.05) is 12.1 Å². The molecular formula is C11H13BrO3. The van der Waals surface area contributed by atoms with Crippen molar-refractivity contribution in [3.63, 3.8) is 0 Å². The van der Waals surface area contributed by atoms with Gasteiger partial charge in [-0.3, -0.25) is 4.79 Å². The van der Waals surface area contributed by atoms with Crippen LogP contribution >= 0.6 is 15.9 Å². The van der Waals surface area contributed by atoms with E-state index in [0.717, 1.165) is 0 Å². The minimum Gasteiger partial charge on any atom is -0.490 e. The summed E-state index contributed by atoms with van der Waals surface area (Å²) in [6.07, 6.45) is 0.